The highest BCUT2D eigenvalue weighted by Gasteiger charge is 2.04. The minimum atomic E-state index is -0.456. The number of aromatic nitrogens is 2. The van der Waals surface area contributed by atoms with E-state index < -0.39 is 4.92 Å². The van der Waals surface area contributed by atoms with E-state index in [9.17, 15) is 14.9 Å². The highest BCUT2D eigenvalue weighted by molar-refractivity contribution is 5.91. The molecule has 1 heterocycles. The summed E-state index contributed by atoms with van der Waals surface area (Å²) in [4.78, 5) is 29.7. The lowest BCUT2D eigenvalue weighted by Gasteiger charge is -2.01. The largest absolute Gasteiger partial charge is 0.353 e. The molecule has 0 unspecified atom stereocenters. The average Bonchev–Trinajstić information content (AvgIpc) is 3.06. The molecule has 26 heavy (non-hydrogen) atoms. The molecule has 7 nitrogen and oxygen atoms in total. The number of nitrogens with one attached hydrogen (secondary N) is 2. The van der Waals surface area contributed by atoms with Crippen LogP contribution >= 0.6 is 0 Å². The first-order valence-electron chi connectivity index (χ1n) is 8.26. The van der Waals surface area contributed by atoms with Gasteiger partial charge in [0, 0.05) is 31.2 Å². The van der Waals surface area contributed by atoms with Crippen molar-refractivity contribution in [3.63, 3.8) is 0 Å². The standard InChI is InChI=1S/C19H18N4O3/c24-19(12-9-14-7-10-15(11-8-14)23(25)26)20-13-3-6-18-21-16-4-1-2-5-17(16)22-18/h1-2,4-5,7-12H,3,6,13H2,(H,20,24)(H,21,22)/b12-9+. The maximum atomic E-state index is 11.8. The highest BCUT2D eigenvalue weighted by Crippen LogP contribution is 2.13. The molecule has 3 aromatic rings. The summed E-state index contributed by atoms with van der Waals surface area (Å²) in [6, 6.07) is 13.9. The van der Waals surface area contributed by atoms with Crippen LogP contribution in [0, 0.1) is 10.1 Å². The molecule has 0 radical (unpaired) electrons. The molecule has 0 fully saturated rings. The molecule has 0 spiro atoms. The molecule has 1 amide bonds. The second-order valence-electron chi connectivity index (χ2n) is 5.78. The SMILES string of the molecule is O=C(/C=C/c1ccc([N+](=O)[O-])cc1)NCCCc1nc2ccccc2[nH]1. The first kappa shape index (κ1) is 17.3. The van der Waals surface area contributed by atoms with Crippen LogP contribution < -0.4 is 5.32 Å². The number of hydrogen-bond acceptors (Lipinski definition) is 4. The van der Waals surface area contributed by atoms with Gasteiger partial charge < -0.3 is 10.3 Å². The van der Waals surface area contributed by atoms with E-state index in [2.05, 4.69) is 15.3 Å². The summed E-state index contributed by atoms with van der Waals surface area (Å²) in [5.74, 6) is 0.704. The Labute approximate surface area is 149 Å². The van der Waals surface area contributed by atoms with E-state index in [0.29, 0.717) is 6.54 Å². The van der Waals surface area contributed by atoms with Gasteiger partial charge in [0.05, 0.1) is 16.0 Å². The fourth-order valence-electron chi connectivity index (χ4n) is 2.53. The Balaban J connectivity index is 1.42. The number of rotatable bonds is 7. The van der Waals surface area contributed by atoms with Crippen LogP contribution in [0.25, 0.3) is 17.1 Å². The molecule has 132 valence electrons. The summed E-state index contributed by atoms with van der Waals surface area (Å²) in [6.45, 7) is 0.542. The normalized spacial score (nSPS) is 11.1. The molecule has 2 N–H and O–H groups in total. The lowest BCUT2D eigenvalue weighted by molar-refractivity contribution is -0.384. The molecule has 0 aliphatic heterocycles. The van der Waals surface area contributed by atoms with Crippen molar-refractivity contribution in [1.82, 2.24) is 15.3 Å². The number of carbonyl (C=O) groups excluding carboxylic acids is 1. The maximum Gasteiger partial charge on any atom is 0.269 e. The zero-order chi connectivity index (χ0) is 18.4. The van der Waals surface area contributed by atoms with Gasteiger partial charge in [0.2, 0.25) is 5.91 Å². The molecule has 3 rings (SSSR count). The molecule has 0 saturated carbocycles. The molecule has 0 bridgehead atoms. The monoisotopic (exact) mass is 350 g/mol. The minimum absolute atomic E-state index is 0.0252. The van der Waals surface area contributed by atoms with Crippen molar-refractivity contribution < 1.29 is 9.72 Å². The van der Waals surface area contributed by atoms with Crippen LogP contribution in [0.5, 0.6) is 0 Å². The lowest BCUT2D eigenvalue weighted by atomic mass is 10.2. The topological polar surface area (TPSA) is 101 Å². The molecule has 0 atom stereocenters. The van der Waals surface area contributed by atoms with Gasteiger partial charge in [-0.2, -0.15) is 0 Å². The van der Waals surface area contributed by atoms with Crippen molar-refractivity contribution in [2.45, 2.75) is 12.8 Å². The molecule has 0 aliphatic carbocycles. The van der Waals surface area contributed by atoms with Crippen molar-refractivity contribution in [1.29, 1.82) is 0 Å². The fourth-order valence-corrected chi connectivity index (χ4v) is 2.53. The Morgan fingerprint density at radius 1 is 1.19 bits per heavy atom. The number of H-pyrrole nitrogens is 1. The predicted molar refractivity (Wildman–Crippen MR) is 99.6 cm³/mol. The minimum Gasteiger partial charge on any atom is -0.353 e. The Morgan fingerprint density at radius 2 is 1.96 bits per heavy atom. The molecule has 1 aromatic heterocycles. The van der Waals surface area contributed by atoms with Gasteiger partial charge in [0.25, 0.3) is 5.69 Å². The summed E-state index contributed by atoms with van der Waals surface area (Å²) >= 11 is 0. The van der Waals surface area contributed by atoms with Crippen LogP contribution in [-0.4, -0.2) is 27.3 Å². The van der Waals surface area contributed by atoms with Gasteiger partial charge in [0.1, 0.15) is 5.82 Å². The van der Waals surface area contributed by atoms with E-state index in [4.69, 9.17) is 0 Å². The van der Waals surface area contributed by atoms with Gasteiger partial charge in [-0.1, -0.05) is 12.1 Å². The number of para-hydroxylation sites is 2. The summed E-state index contributed by atoms with van der Waals surface area (Å²) < 4.78 is 0. The Kier molecular flexibility index (Phi) is 5.38. The van der Waals surface area contributed by atoms with Crippen molar-refractivity contribution in [2.24, 2.45) is 0 Å². The van der Waals surface area contributed by atoms with Crippen molar-refractivity contribution >= 4 is 28.7 Å². The van der Waals surface area contributed by atoms with Gasteiger partial charge in [-0.15, -0.1) is 0 Å². The lowest BCUT2D eigenvalue weighted by Crippen LogP contribution is -2.22. The number of nitro groups is 1. The van der Waals surface area contributed by atoms with Crippen LogP contribution in [-0.2, 0) is 11.2 Å². The number of carbonyl (C=O) groups is 1. The van der Waals surface area contributed by atoms with Gasteiger partial charge in [-0.3, -0.25) is 14.9 Å². The van der Waals surface area contributed by atoms with E-state index in [0.717, 1.165) is 35.3 Å². The molecule has 7 heteroatoms. The van der Waals surface area contributed by atoms with Crippen LogP contribution in [0.3, 0.4) is 0 Å². The molecular formula is C19H18N4O3. The number of aromatic amines is 1. The van der Waals surface area contributed by atoms with Gasteiger partial charge >= 0.3 is 0 Å². The van der Waals surface area contributed by atoms with E-state index in [1.807, 2.05) is 24.3 Å². The van der Waals surface area contributed by atoms with Gasteiger partial charge in [0.15, 0.2) is 0 Å². The van der Waals surface area contributed by atoms with Crippen molar-refractivity contribution in [3.05, 3.63) is 76.1 Å². The van der Waals surface area contributed by atoms with Crippen molar-refractivity contribution in [2.75, 3.05) is 6.54 Å². The fraction of sp³-hybridized carbons (Fsp3) is 0.158. The molecule has 0 aliphatic rings. The van der Waals surface area contributed by atoms with Crippen molar-refractivity contribution in [3.8, 4) is 0 Å². The number of aryl methyl sites for hydroxylation is 1. The van der Waals surface area contributed by atoms with Crippen LogP contribution in [0.15, 0.2) is 54.6 Å². The zero-order valence-electron chi connectivity index (χ0n) is 14.0. The molecular weight excluding hydrogens is 332 g/mol. The molecule has 2 aromatic carbocycles. The number of amides is 1. The second kappa shape index (κ2) is 8.06. The summed E-state index contributed by atoms with van der Waals surface area (Å²) in [7, 11) is 0. The number of hydrogen-bond donors (Lipinski definition) is 2. The first-order chi connectivity index (χ1) is 12.6. The van der Waals surface area contributed by atoms with Gasteiger partial charge in [-0.05, 0) is 42.3 Å². The Bertz CT molecular complexity index is 912. The summed E-state index contributed by atoms with van der Waals surface area (Å²) in [5.41, 5.74) is 2.71. The number of fused-ring (bicyclic) bond motifs is 1. The van der Waals surface area contributed by atoms with Gasteiger partial charge in [-0.25, -0.2) is 4.98 Å². The van der Waals surface area contributed by atoms with E-state index in [-0.39, 0.29) is 11.6 Å². The third-order valence-corrected chi connectivity index (χ3v) is 3.86. The number of imidazole rings is 1. The number of nitrogens with zero attached hydrogens (tertiary/aromatic N) is 2. The second-order valence-corrected chi connectivity index (χ2v) is 5.78. The third kappa shape index (κ3) is 4.54. The quantitative estimate of drug-likeness (QED) is 0.296. The third-order valence-electron chi connectivity index (χ3n) is 3.86. The maximum absolute atomic E-state index is 11.8. The number of non-ortho nitro benzene ring substituents is 1. The first-order valence-corrected chi connectivity index (χ1v) is 8.26. The van der Waals surface area contributed by atoms with E-state index in [1.54, 1.807) is 18.2 Å². The highest BCUT2D eigenvalue weighted by atomic mass is 16.6. The summed E-state index contributed by atoms with van der Waals surface area (Å²) in [5, 5.41) is 13.4. The summed E-state index contributed by atoms with van der Waals surface area (Å²) in [6.07, 6.45) is 4.57. The average molecular weight is 350 g/mol. The van der Waals surface area contributed by atoms with E-state index >= 15 is 0 Å². The predicted octanol–water partition coefficient (Wildman–Crippen LogP) is 3.23. The van der Waals surface area contributed by atoms with Crippen LogP contribution in [0.1, 0.15) is 17.8 Å². The molecule has 0 saturated heterocycles. The smallest absolute Gasteiger partial charge is 0.269 e. The Morgan fingerprint density at radius 3 is 2.69 bits per heavy atom. The number of benzene rings is 2. The van der Waals surface area contributed by atoms with Crippen LogP contribution in [0.4, 0.5) is 5.69 Å². The Hall–Kier alpha value is -3.48. The number of nitro benzene ring substituents is 1. The zero-order valence-corrected chi connectivity index (χ0v) is 14.0. The van der Waals surface area contributed by atoms with Crippen LogP contribution in [0.2, 0.25) is 0 Å². The van der Waals surface area contributed by atoms with E-state index in [1.165, 1.54) is 18.2 Å².